The molecule has 0 radical (unpaired) electrons. The molecule has 1 unspecified atom stereocenters. The Kier molecular flexibility index (Phi) is 5.76. The maximum Gasteiger partial charge on any atom is 0.288 e. The third-order valence-electron chi connectivity index (χ3n) is 3.84. The highest BCUT2D eigenvalue weighted by atomic mass is 32.2. The predicted octanol–water partition coefficient (Wildman–Crippen LogP) is 2.39. The van der Waals surface area contributed by atoms with E-state index in [-0.39, 0.29) is 16.4 Å². The zero-order valence-corrected chi connectivity index (χ0v) is 15.3. The molecule has 1 N–H and O–H groups in total. The van der Waals surface area contributed by atoms with Crippen LogP contribution in [-0.2, 0) is 9.84 Å². The van der Waals surface area contributed by atoms with Crippen molar-refractivity contribution in [3.63, 3.8) is 0 Å². The smallest absolute Gasteiger partial charge is 0.288 e. The SMILES string of the molecule is CC(Nc1ccc([N+](=O)[O-])c(S(C)(=O)=O)c1)C(C)(C)CN(C)C. The van der Waals surface area contributed by atoms with E-state index in [9.17, 15) is 18.5 Å². The highest BCUT2D eigenvalue weighted by Gasteiger charge is 2.28. The van der Waals surface area contributed by atoms with Crippen LogP contribution >= 0.6 is 0 Å². The number of sulfone groups is 1. The van der Waals surface area contributed by atoms with Crippen molar-refractivity contribution in [1.82, 2.24) is 4.90 Å². The molecule has 0 amide bonds. The van der Waals surface area contributed by atoms with Gasteiger partial charge in [-0.3, -0.25) is 10.1 Å². The van der Waals surface area contributed by atoms with Crippen LogP contribution in [0.1, 0.15) is 20.8 Å². The van der Waals surface area contributed by atoms with Crippen LogP contribution in [0.15, 0.2) is 23.1 Å². The van der Waals surface area contributed by atoms with Gasteiger partial charge in [-0.05, 0) is 38.6 Å². The Morgan fingerprint density at radius 2 is 1.91 bits per heavy atom. The first kappa shape index (κ1) is 19.4. The summed E-state index contributed by atoms with van der Waals surface area (Å²) in [6.45, 7) is 7.05. The van der Waals surface area contributed by atoms with E-state index in [0.29, 0.717) is 5.69 Å². The zero-order valence-electron chi connectivity index (χ0n) is 14.5. The molecule has 8 heteroatoms. The summed E-state index contributed by atoms with van der Waals surface area (Å²) in [6.07, 6.45) is 0.971. The van der Waals surface area contributed by atoms with E-state index in [0.717, 1.165) is 12.8 Å². The van der Waals surface area contributed by atoms with E-state index >= 15 is 0 Å². The molecule has 1 atom stereocenters. The molecule has 23 heavy (non-hydrogen) atoms. The van der Waals surface area contributed by atoms with Crippen LogP contribution in [0, 0.1) is 15.5 Å². The lowest BCUT2D eigenvalue weighted by Crippen LogP contribution is -2.41. The van der Waals surface area contributed by atoms with Crippen molar-refractivity contribution < 1.29 is 13.3 Å². The molecular formula is C15H25N3O4S. The van der Waals surface area contributed by atoms with E-state index < -0.39 is 20.4 Å². The van der Waals surface area contributed by atoms with E-state index in [1.165, 1.54) is 18.2 Å². The molecule has 0 heterocycles. The molecule has 1 aromatic rings. The molecule has 130 valence electrons. The molecule has 0 aromatic heterocycles. The van der Waals surface area contributed by atoms with Crippen molar-refractivity contribution in [2.45, 2.75) is 31.7 Å². The summed E-state index contributed by atoms with van der Waals surface area (Å²) in [6, 6.07) is 4.13. The molecule has 0 fully saturated rings. The van der Waals surface area contributed by atoms with Gasteiger partial charge in [-0.15, -0.1) is 0 Å². The van der Waals surface area contributed by atoms with E-state index in [1.807, 2.05) is 21.0 Å². The lowest BCUT2D eigenvalue weighted by atomic mass is 9.85. The second-order valence-electron chi connectivity index (χ2n) is 6.80. The van der Waals surface area contributed by atoms with Gasteiger partial charge < -0.3 is 10.2 Å². The molecule has 0 aliphatic carbocycles. The molecule has 1 aromatic carbocycles. The second-order valence-corrected chi connectivity index (χ2v) is 8.79. The summed E-state index contributed by atoms with van der Waals surface area (Å²) in [5.41, 5.74) is 0.0740. The van der Waals surface area contributed by atoms with Crippen molar-refractivity contribution in [2.75, 3.05) is 32.2 Å². The number of nitrogens with zero attached hydrogens (tertiary/aromatic N) is 2. The lowest BCUT2D eigenvalue weighted by Gasteiger charge is -2.35. The minimum absolute atomic E-state index is 0.0405. The summed E-state index contributed by atoms with van der Waals surface area (Å²) in [5, 5.41) is 14.3. The minimum Gasteiger partial charge on any atom is -0.382 e. The molecule has 7 nitrogen and oxygen atoms in total. The molecule has 1 rings (SSSR count). The van der Waals surface area contributed by atoms with Gasteiger partial charge in [0.05, 0.1) is 4.92 Å². The quantitative estimate of drug-likeness (QED) is 0.603. The first-order chi connectivity index (χ1) is 10.3. The first-order valence-electron chi connectivity index (χ1n) is 7.24. The Bertz CT molecular complexity index is 684. The Balaban J connectivity index is 3.14. The van der Waals surface area contributed by atoms with Crippen LogP contribution in [0.3, 0.4) is 0 Å². The van der Waals surface area contributed by atoms with Gasteiger partial charge in [0.25, 0.3) is 5.69 Å². The average molecular weight is 343 g/mol. The van der Waals surface area contributed by atoms with Gasteiger partial charge in [-0.25, -0.2) is 8.42 Å². The van der Waals surface area contributed by atoms with Gasteiger partial charge in [0.2, 0.25) is 0 Å². The predicted molar refractivity (Wildman–Crippen MR) is 91.6 cm³/mol. The molecule has 0 aliphatic rings. The molecule has 0 saturated heterocycles. The lowest BCUT2D eigenvalue weighted by molar-refractivity contribution is -0.387. The number of anilines is 1. The van der Waals surface area contributed by atoms with E-state index in [1.54, 1.807) is 0 Å². The van der Waals surface area contributed by atoms with Crippen LogP contribution < -0.4 is 5.32 Å². The highest BCUT2D eigenvalue weighted by molar-refractivity contribution is 7.90. The van der Waals surface area contributed by atoms with Gasteiger partial charge in [-0.1, -0.05) is 13.8 Å². The van der Waals surface area contributed by atoms with Crippen LogP contribution in [0.4, 0.5) is 11.4 Å². The second kappa shape index (κ2) is 6.84. The van der Waals surface area contributed by atoms with Crippen LogP contribution in [0.2, 0.25) is 0 Å². The van der Waals surface area contributed by atoms with Crippen molar-refractivity contribution in [2.24, 2.45) is 5.41 Å². The molecule has 0 aliphatic heterocycles. The largest absolute Gasteiger partial charge is 0.382 e. The maximum absolute atomic E-state index is 11.8. The number of hydrogen-bond donors (Lipinski definition) is 1. The Hall–Kier alpha value is -1.67. The van der Waals surface area contributed by atoms with Crippen LogP contribution in [-0.4, -0.2) is 51.2 Å². The van der Waals surface area contributed by atoms with Gasteiger partial charge in [-0.2, -0.15) is 0 Å². The molecule has 0 saturated carbocycles. The first-order valence-corrected chi connectivity index (χ1v) is 9.13. The third-order valence-corrected chi connectivity index (χ3v) is 4.96. The van der Waals surface area contributed by atoms with Crippen molar-refractivity contribution in [3.8, 4) is 0 Å². The summed E-state index contributed by atoms with van der Waals surface area (Å²) >= 11 is 0. The average Bonchev–Trinajstić information content (AvgIpc) is 2.35. The van der Waals surface area contributed by atoms with Crippen LogP contribution in [0.5, 0.6) is 0 Å². The fourth-order valence-electron chi connectivity index (χ4n) is 2.45. The number of benzene rings is 1. The monoisotopic (exact) mass is 343 g/mol. The number of nitro groups is 1. The normalized spacial score (nSPS) is 13.9. The summed E-state index contributed by atoms with van der Waals surface area (Å²) in [5.74, 6) is 0. The standard InChI is InChI=1S/C15H25N3O4S/c1-11(15(2,3)10-17(4)5)16-12-7-8-13(18(19)20)14(9-12)23(6,21)22/h7-9,11,16H,10H2,1-6H3. The topological polar surface area (TPSA) is 92.5 Å². The number of nitro benzene ring substituents is 1. The number of hydrogen-bond acceptors (Lipinski definition) is 6. The van der Waals surface area contributed by atoms with Gasteiger partial charge in [0.15, 0.2) is 9.84 Å². The summed E-state index contributed by atoms with van der Waals surface area (Å²) < 4.78 is 23.6. The Morgan fingerprint density at radius 1 is 1.35 bits per heavy atom. The molecular weight excluding hydrogens is 318 g/mol. The number of rotatable bonds is 7. The third kappa shape index (κ3) is 5.18. The highest BCUT2D eigenvalue weighted by Crippen LogP contribution is 2.30. The van der Waals surface area contributed by atoms with E-state index in [4.69, 9.17) is 0 Å². The Morgan fingerprint density at radius 3 is 2.35 bits per heavy atom. The van der Waals surface area contributed by atoms with Crippen molar-refractivity contribution >= 4 is 21.2 Å². The minimum atomic E-state index is -3.68. The molecule has 0 bridgehead atoms. The zero-order chi connectivity index (χ0) is 18.0. The van der Waals surface area contributed by atoms with Crippen molar-refractivity contribution in [1.29, 1.82) is 0 Å². The van der Waals surface area contributed by atoms with Crippen LogP contribution in [0.25, 0.3) is 0 Å². The summed E-state index contributed by atoms with van der Waals surface area (Å²) in [4.78, 5) is 12.1. The number of nitrogens with one attached hydrogen (secondary N) is 1. The van der Waals surface area contributed by atoms with E-state index in [2.05, 4.69) is 24.1 Å². The van der Waals surface area contributed by atoms with Gasteiger partial charge in [0, 0.05) is 30.6 Å². The van der Waals surface area contributed by atoms with Gasteiger partial charge in [0.1, 0.15) is 4.90 Å². The fraction of sp³-hybridized carbons (Fsp3) is 0.600. The Labute approximate surface area is 137 Å². The maximum atomic E-state index is 11.8. The van der Waals surface area contributed by atoms with Gasteiger partial charge >= 0.3 is 0 Å². The molecule has 0 spiro atoms. The summed E-state index contributed by atoms with van der Waals surface area (Å²) in [7, 11) is 0.295. The fourth-order valence-corrected chi connectivity index (χ4v) is 3.31. The van der Waals surface area contributed by atoms with Crippen molar-refractivity contribution in [3.05, 3.63) is 28.3 Å².